The Bertz CT molecular complexity index is 1070. The third kappa shape index (κ3) is 2.92. The molecule has 27 heavy (non-hydrogen) atoms. The first-order valence-corrected chi connectivity index (χ1v) is 8.61. The predicted molar refractivity (Wildman–Crippen MR) is 96.7 cm³/mol. The third-order valence-corrected chi connectivity index (χ3v) is 4.53. The minimum Gasteiger partial charge on any atom is -0.368 e. The lowest BCUT2D eigenvalue weighted by Gasteiger charge is -2.40. The zero-order valence-corrected chi connectivity index (χ0v) is 14.6. The van der Waals surface area contributed by atoms with E-state index in [0.717, 1.165) is 42.7 Å². The summed E-state index contributed by atoms with van der Waals surface area (Å²) < 4.78 is 3.35. The van der Waals surface area contributed by atoms with Gasteiger partial charge in [0.1, 0.15) is 24.3 Å². The van der Waals surface area contributed by atoms with Gasteiger partial charge in [0.25, 0.3) is 0 Å². The molecular weight excluding hydrogens is 346 g/mol. The molecule has 4 aromatic rings. The molecule has 11 nitrogen and oxygen atoms in total. The molecule has 0 radical (unpaired) electrons. The zero-order chi connectivity index (χ0) is 18.2. The van der Waals surface area contributed by atoms with Crippen molar-refractivity contribution in [3.05, 3.63) is 43.0 Å². The van der Waals surface area contributed by atoms with E-state index in [0.29, 0.717) is 11.7 Å². The lowest BCUT2D eigenvalue weighted by atomic mass is 10.0. The lowest BCUT2D eigenvalue weighted by Crippen LogP contribution is -2.50. The second-order valence-corrected chi connectivity index (χ2v) is 6.46. The minimum atomic E-state index is 0.515. The summed E-state index contributed by atoms with van der Waals surface area (Å²) in [6.07, 6.45) is 6.43. The summed E-state index contributed by atoms with van der Waals surface area (Å²) in [5.41, 5.74) is 0.765. The van der Waals surface area contributed by atoms with Gasteiger partial charge in [-0.15, -0.1) is 15.3 Å². The van der Waals surface area contributed by atoms with Crippen molar-refractivity contribution in [2.24, 2.45) is 5.92 Å². The number of nitrogens with zero attached hydrogens (tertiary/aromatic N) is 10. The summed E-state index contributed by atoms with van der Waals surface area (Å²) in [5, 5.41) is 20.1. The molecule has 1 aliphatic rings. The van der Waals surface area contributed by atoms with Gasteiger partial charge in [-0.3, -0.25) is 4.98 Å². The molecule has 0 saturated carbocycles. The number of hydrogen-bond donors (Lipinski definition) is 1. The van der Waals surface area contributed by atoms with Crippen LogP contribution in [0.1, 0.15) is 5.82 Å². The predicted octanol–water partition coefficient (Wildman–Crippen LogP) is 0.352. The third-order valence-electron chi connectivity index (χ3n) is 4.53. The van der Waals surface area contributed by atoms with Gasteiger partial charge in [-0.05, 0) is 19.1 Å². The van der Waals surface area contributed by atoms with Gasteiger partial charge in [0.15, 0.2) is 17.3 Å². The zero-order valence-electron chi connectivity index (χ0n) is 14.6. The highest BCUT2D eigenvalue weighted by Crippen LogP contribution is 2.23. The summed E-state index contributed by atoms with van der Waals surface area (Å²) >= 11 is 0. The number of rotatable bonds is 5. The van der Waals surface area contributed by atoms with Crippen LogP contribution < -0.4 is 10.2 Å². The van der Waals surface area contributed by atoms with Gasteiger partial charge in [0.05, 0.1) is 12.4 Å². The van der Waals surface area contributed by atoms with Crippen LogP contribution >= 0.6 is 0 Å². The second kappa shape index (κ2) is 6.27. The first-order chi connectivity index (χ1) is 13.3. The monoisotopic (exact) mass is 363 g/mol. The van der Waals surface area contributed by atoms with Gasteiger partial charge in [-0.1, -0.05) is 0 Å². The van der Waals surface area contributed by atoms with Crippen LogP contribution in [0.25, 0.3) is 11.5 Å². The highest BCUT2D eigenvalue weighted by Gasteiger charge is 2.28. The van der Waals surface area contributed by atoms with E-state index in [4.69, 9.17) is 0 Å². The normalized spacial score (nSPS) is 14.5. The van der Waals surface area contributed by atoms with E-state index in [1.165, 1.54) is 6.33 Å². The number of aryl methyl sites for hydroxylation is 1. The summed E-state index contributed by atoms with van der Waals surface area (Å²) in [6.45, 7) is 4.58. The Morgan fingerprint density at radius 3 is 2.89 bits per heavy atom. The molecule has 136 valence electrons. The smallest absolute Gasteiger partial charge is 0.178 e. The number of nitrogens with one attached hydrogen (secondary N) is 1. The summed E-state index contributed by atoms with van der Waals surface area (Å²) in [7, 11) is 0. The highest BCUT2D eigenvalue weighted by atomic mass is 15.4. The Kier molecular flexibility index (Phi) is 3.62. The van der Waals surface area contributed by atoms with Gasteiger partial charge >= 0.3 is 0 Å². The largest absolute Gasteiger partial charge is 0.368 e. The Labute approximate surface area is 154 Å². The molecule has 4 aromatic heterocycles. The fourth-order valence-corrected chi connectivity index (χ4v) is 3.07. The van der Waals surface area contributed by atoms with Crippen molar-refractivity contribution in [3.8, 4) is 5.82 Å². The Morgan fingerprint density at radius 2 is 2.04 bits per heavy atom. The maximum absolute atomic E-state index is 4.61. The van der Waals surface area contributed by atoms with Crippen LogP contribution in [0.2, 0.25) is 0 Å². The molecular formula is C16H17N11. The Morgan fingerprint density at radius 1 is 1.11 bits per heavy atom. The molecule has 1 aliphatic heterocycles. The minimum absolute atomic E-state index is 0.515. The van der Waals surface area contributed by atoms with Crippen LogP contribution in [0.15, 0.2) is 37.2 Å². The SMILES string of the molecule is Cc1nnc2ccc(N3CC(CNc4cncc(-n5cncn5)n4)C3)nn12. The Balaban J connectivity index is 1.19. The molecule has 1 fully saturated rings. The molecule has 5 heterocycles. The van der Waals surface area contributed by atoms with Gasteiger partial charge in [-0.25, -0.2) is 14.6 Å². The van der Waals surface area contributed by atoms with Crippen molar-refractivity contribution < 1.29 is 0 Å². The average Bonchev–Trinajstić information content (AvgIpc) is 3.31. The molecule has 1 saturated heterocycles. The van der Waals surface area contributed by atoms with Crippen molar-refractivity contribution in [2.75, 3.05) is 29.9 Å². The van der Waals surface area contributed by atoms with Gasteiger partial charge in [0.2, 0.25) is 0 Å². The fraction of sp³-hybridized carbons (Fsp3) is 0.312. The highest BCUT2D eigenvalue weighted by molar-refractivity contribution is 5.47. The summed E-state index contributed by atoms with van der Waals surface area (Å²) in [5.74, 6) is 3.60. The molecule has 0 unspecified atom stereocenters. The van der Waals surface area contributed by atoms with E-state index in [1.807, 2.05) is 19.1 Å². The maximum atomic E-state index is 4.61. The first-order valence-electron chi connectivity index (χ1n) is 8.61. The fourth-order valence-electron chi connectivity index (χ4n) is 3.07. The van der Waals surface area contributed by atoms with Crippen molar-refractivity contribution in [3.63, 3.8) is 0 Å². The van der Waals surface area contributed by atoms with Crippen molar-refractivity contribution >= 4 is 17.3 Å². The number of aromatic nitrogens is 9. The van der Waals surface area contributed by atoms with Crippen molar-refractivity contribution in [2.45, 2.75) is 6.92 Å². The lowest BCUT2D eigenvalue weighted by molar-refractivity contribution is 0.424. The molecule has 0 amide bonds. The topological polar surface area (TPSA) is 115 Å². The van der Waals surface area contributed by atoms with Gasteiger partial charge < -0.3 is 10.2 Å². The van der Waals surface area contributed by atoms with E-state index in [2.05, 4.69) is 45.6 Å². The maximum Gasteiger partial charge on any atom is 0.178 e. The number of fused-ring (bicyclic) bond motifs is 1. The number of anilines is 2. The van der Waals surface area contributed by atoms with Crippen LogP contribution in [0.4, 0.5) is 11.6 Å². The Hall–Kier alpha value is -3.63. The van der Waals surface area contributed by atoms with Crippen LogP contribution in [0, 0.1) is 12.8 Å². The van der Waals surface area contributed by atoms with E-state index >= 15 is 0 Å². The molecule has 11 heteroatoms. The quantitative estimate of drug-likeness (QED) is 0.536. The molecule has 0 bridgehead atoms. The first kappa shape index (κ1) is 15.6. The molecule has 5 rings (SSSR count). The number of hydrogen-bond acceptors (Lipinski definition) is 9. The van der Waals surface area contributed by atoms with Crippen LogP contribution in [0.3, 0.4) is 0 Å². The van der Waals surface area contributed by atoms with Crippen molar-refractivity contribution in [1.29, 1.82) is 0 Å². The standard InChI is InChI=1S/C16H17N11/c1-11-22-23-14-2-3-15(24-27(11)14)25-7-12(8-25)4-19-13-5-17-6-16(21-13)26-10-18-9-20-26/h2-3,5-6,9-10,12H,4,7-8H2,1H3,(H,19,21). The van der Waals surface area contributed by atoms with E-state index in [-0.39, 0.29) is 0 Å². The van der Waals surface area contributed by atoms with Gasteiger partial charge in [0, 0.05) is 25.6 Å². The molecule has 0 atom stereocenters. The molecule has 0 aromatic carbocycles. The van der Waals surface area contributed by atoms with E-state index in [9.17, 15) is 0 Å². The second-order valence-electron chi connectivity index (χ2n) is 6.46. The van der Waals surface area contributed by atoms with Crippen molar-refractivity contribution in [1.82, 2.24) is 44.5 Å². The van der Waals surface area contributed by atoms with E-state index in [1.54, 1.807) is 27.9 Å². The van der Waals surface area contributed by atoms with Crippen LogP contribution in [0.5, 0.6) is 0 Å². The van der Waals surface area contributed by atoms with Crippen LogP contribution in [-0.2, 0) is 0 Å². The summed E-state index contributed by atoms with van der Waals surface area (Å²) in [6, 6.07) is 3.93. The molecule has 0 spiro atoms. The van der Waals surface area contributed by atoms with Gasteiger partial charge in [-0.2, -0.15) is 9.61 Å². The molecule has 0 aliphatic carbocycles. The summed E-state index contributed by atoms with van der Waals surface area (Å²) in [4.78, 5) is 14.9. The van der Waals surface area contributed by atoms with Crippen LogP contribution in [-0.4, -0.2) is 64.2 Å². The molecule has 1 N–H and O–H groups in total. The van der Waals surface area contributed by atoms with E-state index < -0.39 is 0 Å². The average molecular weight is 363 g/mol.